The SMILES string of the molecule is CCc1ccc(N(C)CC(C(N)=S)C(F)(F)F)cc1. The van der Waals surface area contributed by atoms with Crippen molar-refractivity contribution in [3.05, 3.63) is 29.8 Å². The molecule has 0 saturated carbocycles. The van der Waals surface area contributed by atoms with E-state index < -0.39 is 17.1 Å². The van der Waals surface area contributed by atoms with Gasteiger partial charge < -0.3 is 10.6 Å². The van der Waals surface area contributed by atoms with E-state index in [1.807, 2.05) is 19.1 Å². The Morgan fingerprint density at radius 2 is 1.84 bits per heavy atom. The Kier molecular flexibility index (Phi) is 5.17. The lowest BCUT2D eigenvalue weighted by Crippen LogP contribution is -2.42. The van der Waals surface area contributed by atoms with E-state index in [0.717, 1.165) is 12.0 Å². The van der Waals surface area contributed by atoms with Gasteiger partial charge in [0.1, 0.15) is 5.92 Å². The zero-order chi connectivity index (χ0) is 14.6. The van der Waals surface area contributed by atoms with Gasteiger partial charge in [-0.25, -0.2) is 0 Å². The molecular formula is C13H17F3N2S. The Hall–Kier alpha value is -1.30. The molecule has 19 heavy (non-hydrogen) atoms. The Labute approximate surface area is 116 Å². The maximum atomic E-state index is 12.8. The average molecular weight is 290 g/mol. The maximum Gasteiger partial charge on any atom is 0.399 e. The van der Waals surface area contributed by atoms with Gasteiger partial charge >= 0.3 is 6.18 Å². The minimum absolute atomic E-state index is 0.274. The van der Waals surface area contributed by atoms with Crippen molar-refractivity contribution in [2.45, 2.75) is 19.5 Å². The van der Waals surface area contributed by atoms with Gasteiger partial charge in [-0.15, -0.1) is 0 Å². The summed E-state index contributed by atoms with van der Waals surface area (Å²) in [4.78, 5) is 0.987. The molecule has 0 aromatic heterocycles. The Morgan fingerprint density at radius 1 is 1.32 bits per heavy atom. The quantitative estimate of drug-likeness (QED) is 0.845. The fraction of sp³-hybridized carbons (Fsp3) is 0.462. The van der Waals surface area contributed by atoms with Crippen molar-refractivity contribution in [1.82, 2.24) is 0 Å². The number of anilines is 1. The third-order valence-electron chi connectivity index (χ3n) is 2.98. The summed E-state index contributed by atoms with van der Waals surface area (Å²) in [5.74, 6) is -1.79. The molecule has 0 spiro atoms. The number of alkyl halides is 3. The summed E-state index contributed by atoms with van der Waals surface area (Å²) >= 11 is 4.50. The van der Waals surface area contributed by atoms with Gasteiger partial charge in [0, 0.05) is 19.3 Å². The molecule has 0 radical (unpaired) electrons. The molecule has 0 saturated heterocycles. The van der Waals surface area contributed by atoms with Crippen LogP contribution in [0.3, 0.4) is 0 Å². The molecular weight excluding hydrogens is 273 g/mol. The van der Waals surface area contributed by atoms with Crippen molar-refractivity contribution in [3.8, 4) is 0 Å². The highest BCUT2D eigenvalue weighted by atomic mass is 32.1. The van der Waals surface area contributed by atoms with Crippen LogP contribution in [0, 0.1) is 5.92 Å². The lowest BCUT2D eigenvalue weighted by molar-refractivity contribution is -0.152. The van der Waals surface area contributed by atoms with E-state index >= 15 is 0 Å². The van der Waals surface area contributed by atoms with E-state index in [1.165, 1.54) is 4.90 Å². The molecule has 1 rings (SSSR count). The van der Waals surface area contributed by atoms with Crippen molar-refractivity contribution in [3.63, 3.8) is 0 Å². The van der Waals surface area contributed by atoms with Gasteiger partial charge in [-0.2, -0.15) is 13.2 Å². The smallest absolute Gasteiger partial charge is 0.393 e. The number of aryl methyl sites for hydroxylation is 1. The van der Waals surface area contributed by atoms with Crippen LogP contribution in [0.4, 0.5) is 18.9 Å². The molecule has 1 aromatic rings. The number of thiocarbonyl (C=S) groups is 1. The lowest BCUT2D eigenvalue weighted by atomic mass is 10.1. The van der Waals surface area contributed by atoms with Crippen LogP contribution in [0.5, 0.6) is 0 Å². The molecule has 1 unspecified atom stereocenters. The number of benzene rings is 1. The fourth-order valence-corrected chi connectivity index (χ4v) is 1.93. The highest BCUT2D eigenvalue weighted by Crippen LogP contribution is 2.28. The third kappa shape index (κ3) is 4.38. The number of halogens is 3. The fourth-order valence-electron chi connectivity index (χ4n) is 1.72. The zero-order valence-electron chi connectivity index (χ0n) is 10.9. The summed E-state index contributed by atoms with van der Waals surface area (Å²) in [7, 11) is 1.60. The van der Waals surface area contributed by atoms with E-state index in [1.54, 1.807) is 19.2 Å². The van der Waals surface area contributed by atoms with Gasteiger partial charge in [0.25, 0.3) is 0 Å². The molecule has 1 atom stereocenters. The standard InChI is InChI=1S/C13H17F3N2S/c1-3-9-4-6-10(7-5-9)18(2)8-11(12(17)19)13(14,15)16/h4-7,11H,3,8H2,1-2H3,(H2,17,19). The van der Waals surface area contributed by atoms with Crippen LogP contribution in [-0.4, -0.2) is 24.8 Å². The number of rotatable bonds is 5. The summed E-state index contributed by atoms with van der Waals surface area (Å²) in [6.07, 6.45) is -3.52. The maximum absolute atomic E-state index is 12.8. The van der Waals surface area contributed by atoms with Crippen molar-refractivity contribution < 1.29 is 13.2 Å². The molecule has 0 fully saturated rings. The van der Waals surface area contributed by atoms with E-state index in [9.17, 15) is 13.2 Å². The molecule has 2 N–H and O–H groups in total. The predicted molar refractivity (Wildman–Crippen MR) is 75.4 cm³/mol. The van der Waals surface area contributed by atoms with Crippen LogP contribution in [0.1, 0.15) is 12.5 Å². The summed E-state index contributed by atoms with van der Waals surface area (Å²) in [6.45, 7) is 1.75. The first-order chi connectivity index (χ1) is 8.75. The monoisotopic (exact) mass is 290 g/mol. The van der Waals surface area contributed by atoms with E-state index in [2.05, 4.69) is 12.2 Å². The Bertz CT molecular complexity index is 429. The van der Waals surface area contributed by atoms with Crippen LogP contribution < -0.4 is 10.6 Å². The molecule has 0 aliphatic carbocycles. The van der Waals surface area contributed by atoms with Gasteiger partial charge in [0.2, 0.25) is 0 Å². The highest BCUT2D eigenvalue weighted by molar-refractivity contribution is 7.80. The second-order valence-corrected chi connectivity index (χ2v) is 4.87. The van der Waals surface area contributed by atoms with Crippen LogP contribution in [0.2, 0.25) is 0 Å². The summed E-state index contributed by atoms with van der Waals surface area (Å²) in [6, 6.07) is 7.39. The lowest BCUT2D eigenvalue weighted by Gasteiger charge is -2.26. The zero-order valence-corrected chi connectivity index (χ0v) is 11.7. The number of nitrogens with zero attached hydrogens (tertiary/aromatic N) is 1. The number of nitrogens with two attached hydrogens (primary N) is 1. The van der Waals surface area contributed by atoms with Crippen LogP contribution >= 0.6 is 12.2 Å². The summed E-state index contributed by atoms with van der Waals surface area (Å²) < 4.78 is 38.3. The minimum atomic E-state index is -4.41. The first-order valence-electron chi connectivity index (χ1n) is 5.91. The Morgan fingerprint density at radius 3 is 2.21 bits per heavy atom. The first kappa shape index (κ1) is 15.8. The van der Waals surface area contributed by atoms with E-state index in [4.69, 9.17) is 5.73 Å². The molecule has 6 heteroatoms. The van der Waals surface area contributed by atoms with Crippen LogP contribution in [-0.2, 0) is 6.42 Å². The van der Waals surface area contributed by atoms with Gasteiger partial charge in [0.05, 0.1) is 4.99 Å². The molecule has 0 amide bonds. The van der Waals surface area contributed by atoms with E-state index in [-0.39, 0.29) is 6.54 Å². The number of hydrogen-bond donors (Lipinski definition) is 1. The largest absolute Gasteiger partial charge is 0.399 e. The van der Waals surface area contributed by atoms with Crippen molar-refractivity contribution in [2.24, 2.45) is 11.7 Å². The second kappa shape index (κ2) is 6.23. The molecule has 2 nitrogen and oxygen atoms in total. The Balaban J connectivity index is 2.81. The molecule has 0 heterocycles. The summed E-state index contributed by atoms with van der Waals surface area (Å²) in [5.41, 5.74) is 7.03. The molecule has 1 aromatic carbocycles. The predicted octanol–water partition coefficient (Wildman–Crippen LogP) is 3.15. The molecule has 106 valence electrons. The average Bonchev–Trinajstić information content (AvgIpc) is 2.34. The van der Waals surface area contributed by atoms with Crippen molar-refractivity contribution in [2.75, 3.05) is 18.5 Å². The van der Waals surface area contributed by atoms with Gasteiger partial charge in [0.15, 0.2) is 0 Å². The van der Waals surface area contributed by atoms with Crippen molar-refractivity contribution >= 4 is 22.9 Å². The molecule has 0 bridgehead atoms. The first-order valence-corrected chi connectivity index (χ1v) is 6.32. The third-order valence-corrected chi connectivity index (χ3v) is 3.26. The highest BCUT2D eigenvalue weighted by Gasteiger charge is 2.42. The number of hydrogen-bond acceptors (Lipinski definition) is 2. The van der Waals surface area contributed by atoms with Crippen LogP contribution in [0.15, 0.2) is 24.3 Å². The topological polar surface area (TPSA) is 29.3 Å². The molecule has 0 aliphatic heterocycles. The second-order valence-electron chi connectivity index (χ2n) is 4.40. The minimum Gasteiger partial charge on any atom is -0.393 e. The summed E-state index contributed by atoms with van der Waals surface area (Å²) in [5, 5.41) is 0. The van der Waals surface area contributed by atoms with Crippen LogP contribution in [0.25, 0.3) is 0 Å². The van der Waals surface area contributed by atoms with Gasteiger partial charge in [-0.1, -0.05) is 31.3 Å². The molecule has 0 aliphatic rings. The normalized spacial score (nSPS) is 13.1. The van der Waals surface area contributed by atoms with Crippen molar-refractivity contribution in [1.29, 1.82) is 0 Å². The van der Waals surface area contributed by atoms with Gasteiger partial charge in [-0.05, 0) is 24.1 Å². The van der Waals surface area contributed by atoms with Gasteiger partial charge in [-0.3, -0.25) is 0 Å². The van der Waals surface area contributed by atoms with E-state index in [0.29, 0.717) is 5.69 Å².